The summed E-state index contributed by atoms with van der Waals surface area (Å²) in [7, 11) is 0. The molecule has 1 amide bonds. The summed E-state index contributed by atoms with van der Waals surface area (Å²) in [6.45, 7) is 6.45. The molecular weight excluding hydrogens is 262 g/mol. The lowest BCUT2D eigenvalue weighted by atomic mass is 9.86. The number of rotatable bonds is 3. The van der Waals surface area contributed by atoms with Gasteiger partial charge in [0.1, 0.15) is 0 Å². The molecule has 0 atom stereocenters. The zero-order valence-electron chi connectivity index (χ0n) is 12.6. The van der Waals surface area contributed by atoms with Crippen LogP contribution in [0.1, 0.15) is 36.7 Å². The van der Waals surface area contributed by atoms with Gasteiger partial charge in [0.15, 0.2) is 0 Å². The Morgan fingerprint density at radius 3 is 2.24 bits per heavy atom. The lowest BCUT2D eigenvalue weighted by Gasteiger charge is -2.24. The fourth-order valence-corrected chi connectivity index (χ4v) is 2.28. The lowest BCUT2D eigenvalue weighted by Crippen LogP contribution is -2.16. The van der Waals surface area contributed by atoms with E-state index in [1.807, 2.05) is 24.3 Å². The molecule has 0 bridgehead atoms. The van der Waals surface area contributed by atoms with Crippen molar-refractivity contribution in [3.8, 4) is 0 Å². The molecule has 0 saturated carbocycles. The molecular formula is C17H21N3O. The van der Waals surface area contributed by atoms with Crippen LogP contribution < -0.4 is 16.8 Å². The van der Waals surface area contributed by atoms with Crippen molar-refractivity contribution < 1.29 is 4.79 Å². The largest absolute Gasteiger partial charge is 0.396 e. The number of nitrogens with two attached hydrogens (primary N) is 2. The van der Waals surface area contributed by atoms with Crippen LogP contribution in [0.4, 0.5) is 17.1 Å². The summed E-state index contributed by atoms with van der Waals surface area (Å²) in [5.41, 5.74) is 14.9. The molecule has 0 aromatic heterocycles. The number of benzene rings is 2. The fourth-order valence-electron chi connectivity index (χ4n) is 2.28. The van der Waals surface area contributed by atoms with Gasteiger partial charge in [0.25, 0.3) is 5.91 Å². The molecule has 21 heavy (non-hydrogen) atoms. The van der Waals surface area contributed by atoms with E-state index in [9.17, 15) is 4.79 Å². The monoisotopic (exact) mass is 283 g/mol. The van der Waals surface area contributed by atoms with Crippen LogP contribution in [0, 0.1) is 0 Å². The molecule has 0 unspecified atom stereocenters. The van der Waals surface area contributed by atoms with E-state index < -0.39 is 5.91 Å². The number of nitrogen functional groups attached to an aromatic ring is 1. The first kappa shape index (κ1) is 14.9. The van der Waals surface area contributed by atoms with Crippen LogP contribution in [0.2, 0.25) is 0 Å². The van der Waals surface area contributed by atoms with Crippen LogP contribution in [0.15, 0.2) is 42.5 Å². The number of hydrogen-bond acceptors (Lipinski definition) is 3. The minimum Gasteiger partial charge on any atom is -0.396 e. The second-order valence-corrected chi connectivity index (χ2v) is 6.05. The minimum atomic E-state index is -0.528. The molecule has 2 rings (SSSR count). The molecule has 0 heterocycles. The van der Waals surface area contributed by atoms with Gasteiger partial charge in [0.2, 0.25) is 0 Å². The van der Waals surface area contributed by atoms with Crippen molar-refractivity contribution in [1.82, 2.24) is 0 Å². The third kappa shape index (κ3) is 3.16. The second kappa shape index (κ2) is 5.48. The van der Waals surface area contributed by atoms with Crippen molar-refractivity contribution in [2.75, 3.05) is 11.1 Å². The maximum atomic E-state index is 11.4. The van der Waals surface area contributed by atoms with Crippen LogP contribution in [0.25, 0.3) is 0 Å². The number of primary amides is 1. The summed E-state index contributed by atoms with van der Waals surface area (Å²) in [6.07, 6.45) is 0. The molecule has 5 N–H and O–H groups in total. The molecule has 110 valence electrons. The second-order valence-electron chi connectivity index (χ2n) is 6.05. The predicted molar refractivity (Wildman–Crippen MR) is 87.8 cm³/mol. The first-order valence-corrected chi connectivity index (χ1v) is 6.85. The summed E-state index contributed by atoms with van der Waals surface area (Å²) in [4.78, 5) is 11.4. The maximum Gasteiger partial charge on any atom is 0.250 e. The van der Waals surface area contributed by atoms with Crippen LogP contribution in [0.5, 0.6) is 0 Å². The van der Waals surface area contributed by atoms with E-state index in [1.165, 1.54) is 5.56 Å². The van der Waals surface area contributed by atoms with Crippen molar-refractivity contribution in [2.45, 2.75) is 26.2 Å². The van der Waals surface area contributed by atoms with E-state index in [1.54, 1.807) is 12.1 Å². The van der Waals surface area contributed by atoms with E-state index >= 15 is 0 Å². The number of carbonyl (C=O) groups excluding carboxylic acids is 1. The van der Waals surface area contributed by atoms with E-state index in [0.717, 1.165) is 5.69 Å². The summed E-state index contributed by atoms with van der Waals surface area (Å²) in [6, 6.07) is 13.3. The Kier molecular flexibility index (Phi) is 3.89. The molecule has 0 spiro atoms. The SMILES string of the molecule is CC(C)(C)c1ccccc1Nc1cccc(C(N)=O)c1N. The molecule has 2 aromatic rings. The lowest BCUT2D eigenvalue weighted by molar-refractivity contribution is 0.100. The predicted octanol–water partition coefficient (Wildman–Crippen LogP) is 3.41. The third-order valence-corrected chi connectivity index (χ3v) is 3.38. The van der Waals surface area contributed by atoms with Crippen molar-refractivity contribution in [3.63, 3.8) is 0 Å². The molecule has 4 heteroatoms. The van der Waals surface area contributed by atoms with Crippen molar-refractivity contribution in [2.24, 2.45) is 5.73 Å². The summed E-state index contributed by atoms with van der Waals surface area (Å²) >= 11 is 0. The molecule has 0 aliphatic rings. The molecule has 2 aromatic carbocycles. The molecule has 0 fully saturated rings. The van der Waals surface area contributed by atoms with Crippen LogP contribution in [-0.4, -0.2) is 5.91 Å². The Bertz CT molecular complexity index is 672. The zero-order valence-corrected chi connectivity index (χ0v) is 12.6. The molecule has 0 aliphatic carbocycles. The summed E-state index contributed by atoms with van der Waals surface area (Å²) in [5, 5.41) is 3.31. The molecule has 4 nitrogen and oxygen atoms in total. The van der Waals surface area contributed by atoms with Gasteiger partial charge in [-0.15, -0.1) is 0 Å². The summed E-state index contributed by atoms with van der Waals surface area (Å²) in [5.74, 6) is -0.528. The van der Waals surface area contributed by atoms with E-state index in [2.05, 4.69) is 32.2 Å². The normalized spacial score (nSPS) is 11.2. The Hall–Kier alpha value is -2.49. The van der Waals surface area contributed by atoms with Crippen molar-refractivity contribution in [1.29, 1.82) is 0 Å². The average Bonchev–Trinajstić information content (AvgIpc) is 2.40. The van der Waals surface area contributed by atoms with Gasteiger partial charge in [0.05, 0.1) is 16.9 Å². The number of hydrogen-bond donors (Lipinski definition) is 3. The Morgan fingerprint density at radius 2 is 1.62 bits per heavy atom. The average molecular weight is 283 g/mol. The maximum absolute atomic E-state index is 11.4. The zero-order chi connectivity index (χ0) is 15.6. The molecule has 0 aliphatic heterocycles. The first-order chi connectivity index (χ1) is 9.80. The number of nitrogens with one attached hydrogen (secondary N) is 1. The quantitative estimate of drug-likeness (QED) is 0.755. The van der Waals surface area contributed by atoms with Gasteiger partial charge in [-0.1, -0.05) is 45.0 Å². The van der Waals surface area contributed by atoms with Gasteiger partial charge in [-0.25, -0.2) is 0 Å². The molecule has 0 radical (unpaired) electrons. The van der Waals surface area contributed by atoms with Crippen molar-refractivity contribution >= 4 is 23.0 Å². The number of carbonyl (C=O) groups is 1. The smallest absolute Gasteiger partial charge is 0.250 e. The Balaban J connectivity index is 2.45. The minimum absolute atomic E-state index is 0.000345. The van der Waals surface area contributed by atoms with Gasteiger partial charge in [-0.05, 0) is 29.2 Å². The standard InChI is InChI=1S/C17H21N3O/c1-17(2,3)12-8-4-5-9-13(12)20-14-10-6-7-11(15(14)18)16(19)21/h4-10,20H,18H2,1-3H3,(H2,19,21). The van der Waals surface area contributed by atoms with Gasteiger partial charge in [0, 0.05) is 5.69 Å². The number of anilines is 3. The number of amides is 1. The first-order valence-electron chi connectivity index (χ1n) is 6.85. The van der Waals surface area contributed by atoms with Gasteiger partial charge in [-0.3, -0.25) is 4.79 Å². The highest BCUT2D eigenvalue weighted by Crippen LogP contribution is 2.33. The number of para-hydroxylation sites is 2. The third-order valence-electron chi connectivity index (χ3n) is 3.38. The van der Waals surface area contributed by atoms with Gasteiger partial charge < -0.3 is 16.8 Å². The molecule has 0 saturated heterocycles. The highest BCUT2D eigenvalue weighted by Gasteiger charge is 2.18. The van der Waals surface area contributed by atoms with Crippen LogP contribution >= 0.6 is 0 Å². The van der Waals surface area contributed by atoms with E-state index in [4.69, 9.17) is 11.5 Å². The van der Waals surface area contributed by atoms with Crippen LogP contribution in [0.3, 0.4) is 0 Å². The van der Waals surface area contributed by atoms with E-state index in [-0.39, 0.29) is 5.41 Å². The fraction of sp³-hybridized carbons (Fsp3) is 0.235. The van der Waals surface area contributed by atoms with Crippen LogP contribution in [-0.2, 0) is 5.41 Å². The highest BCUT2D eigenvalue weighted by molar-refractivity contribution is 6.01. The van der Waals surface area contributed by atoms with E-state index in [0.29, 0.717) is 16.9 Å². The van der Waals surface area contributed by atoms with Gasteiger partial charge >= 0.3 is 0 Å². The summed E-state index contributed by atoms with van der Waals surface area (Å²) < 4.78 is 0. The van der Waals surface area contributed by atoms with Crippen molar-refractivity contribution in [3.05, 3.63) is 53.6 Å². The Morgan fingerprint density at radius 1 is 1.00 bits per heavy atom. The Labute approximate surface area is 125 Å². The highest BCUT2D eigenvalue weighted by atomic mass is 16.1. The van der Waals surface area contributed by atoms with Gasteiger partial charge in [-0.2, -0.15) is 0 Å². The topological polar surface area (TPSA) is 81.1 Å².